The van der Waals surface area contributed by atoms with Crippen molar-refractivity contribution >= 4 is 29.1 Å². The molecule has 3 nitrogen and oxygen atoms in total. The van der Waals surface area contributed by atoms with Gasteiger partial charge >= 0.3 is 0 Å². The lowest BCUT2D eigenvalue weighted by Gasteiger charge is -2.23. The van der Waals surface area contributed by atoms with Gasteiger partial charge in [-0.3, -0.25) is 9.78 Å². The van der Waals surface area contributed by atoms with Crippen molar-refractivity contribution in [2.45, 2.75) is 26.4 Å². The first-order valence-corrected chi connectivity index (χ1v) is 7.46. The van der Waals surface area contributed by atoms with E-state index in [1.807, 2.05) is 25.1 Å². The molecule has 0 unspecified atom stereocenters. The van der Waals surface area contributed by atoms with Crippen molar-refractivity contribution in [2.24, 2.45) is 0 Å². The normalized spacial score (nSPS) is 10.4. The summed E-state index contributed by atoms with van der Waals surface area (Å²) in [6, 6.07) is 9.13. The summed E-state index contributed by atoms with van der Waals surface area (Å²) in [6.45, 7) is 2.82. The third-order valence-electron chi connectivity index (χ3n) is 3.13. The summed E-state index contributed by atoms with van der Waals surface area (Å²) < 4.78 is 0. The van der Waals surface area contributed by atoms with E-state index in [4.69, 9.17) is 23.2 Å². The van der Waals surface area contributed by atoms with Crippen molar-refractivity contribution in [1.29, 1.82) is 0 Å². The van der Waals surface area contributed by atoms with E-state index in [-0.39, 0.29) is 5.91 Å². The minimum atomic E-state index is 0.0740. The summed E-state index contributed by atoms with van der Waals surface area (Å²) >= 11 is 12.1. The van der Waals surface area contributed by atoms with Crippen LogP contribution in [0.25, 0.3) is 0 Å². The lowest BCUT2D eigenvalue weighted by Crippen LogP contribution is -2.29. The van der Waals surface area contributed by atoms with Crippen LogP contribution in [0.5, 0.6) is 0 Å². The Balaban J connectivity index is 2.18. The number of hydrogen-bond donors (Lipinski definition) is 0. The number of aromatic nitrogens is 1. The number of rotatable bonds is 5. The Morgan fingerprint density at radius 3 is 2.67 bits per heavy atom. The lowest BCUT2D eigenvalue weighted by molar-refractivity contribution is -0.132. The maximum atomic E-state index is 12.1. The molecule has 1 amide bonds. The van der Waals surface area contributed by atoms with Crippen LogP contribution in [-0.2, 0) is 17.9 Å². The fourth-order valence-corrected chi connectivity index (χ4v) is 2.49. The summed E-state index contributed by atoms with van der Waals surface area (Å²) in [5.74, 6) is 0.0740. The SMILES string of the molecule is CCC(=O)N(Cc1cccnc1)Cc1ccc(Cl)cc1Cl. The number of halogens is 2. The molecule has 0 aliphatic heterocycles. The first kappa shape index (κ1) is 15.8. The first-order valence-electron chi connectivity index (χ1n) is 6.70. The van der Waals surface area contributed by atoms with Crippen LogP contribution in [0.4, 0.5) is 0 Å². The summed E-state index contributed by atoms with van der Waals surface area (Å²) in [5, 5.41) is 1.16. The smallest absolute Gasteiger partial charge is 0.222 e. The van der Waals surface area contributed by atoms with Crippen LogP contribution >= 0.6 is 23.2 Å². The first-order chi connectivity index (χ1) is 10.1. The number of carbonyl (C=O) groups excluding carboxylic acids is 1. The molecule has 110 valence electrons. The molecule has 0 aliphatic rings. The van der Waals surface area contributed by atoms with Crippen molar-refractivity contribution in [1.82, 2.24) is 9.88 Å². The molecule has 0 bridgehead atoms. The van der Waals surface area contributed by atoms with Crippen LogP contribution in [-0.4, -0.2) is 15.8 Å². The molecule has 1 aromatic carbocycles. The van der Waals surface area contributed by atoms with E-state index in [1.165, 1.54) is 0 Å². The largest absolute Gasteiger partial charge is 0.334 e. The highest BCUT2D eigenvalue weighted by Crippen LogP contribution is 2.23. The molecular formula is C16H16Cl2N2O. The lowest BCUT2D eigenvalue weighted by atomic mass is 10.2. The Bertz CT molecular complexity index is 617. The Hall–Kier alpha value is -1.58. The number of nitrogens with zero attached hydrogens (tertiary/aromatic N) is 2. The minimum Gasteiger partial charge on any atom is -0.334 e. The average molecular weight is 323 g/mol. The monoisotopic (exact) mass is 322 g/mol. The summed E-state index contributed by atoms with van der Waals surface area (Å²) in [5.41, 5.74) is 1.87. The van der Waals surface area contributed by atoms with Crippen LogP contribution in [0.3, 0.4) is 0 Å². The van der Waals surface area contributed by atoms with Crippen molar-refractivity contribution in [3.8, 4) is 0 Å². The fourth-order valence-electron chi connectivity index (χ4n) is 2.02. The molecule has 1 heterocycles. The summed E-state index contributed by atoms with van der Waals surface area (Å²) in [7, 11) is 0. The highest BCUT2D eigenvalue weighted by Gasteiger charge is 2.14. The zero-order valence-corrected chi connectivity index (χ0v) is 13.2. The van der Waals surface area contributed by atoms with Gasteiger partial charge in [-0.25, -0.2) is 0 Å². The summed E-state index contributed by atoms with van der Waals surface area (Å²) in [4.78, 5) is 18.0. The maximum absolute atomic E-state index is 12.1. The Morgan fingerprint density at radius 1 is 1.24 bits per heavy atom. The standard InChI is InChI=1S/C16H16Cl2N2O/c1-2-16(21)20(10-12-4-3-7-19-9-12)11-13-5-6-14(17)8-15(13)18/h3-9H,2,10-11H2,1H3. The summed E-state index contributed by atoms with van der Waals surface area (Å²) in [6.07, 6.45) is 3.93. The van der Waals surface area contributed by atoms with E-state index >= 15 is 0 Å². The zero-order valence-electron chi connectivity index (χ0n) is 11.7. The molecule has 0 radical (unpaired) electrons. The van der Waals surface area contributed by atoms with Gasteiger partial charge in [-0.05, 0) is 29.3 Å². The predicted octanol–water partition coefficient (Wildman–Crippen LogP) is 4.33. The number of hydrogen-bond acceptors (Lipinski definition) is 2. The highest BCUT2D eigenvalue weighted by molar-refractivity contribution is 6.35. The highest BCUT2D eigenvalue weighted by atomic mass is 35.5. The molecule has 2 aromatic rings. The molecule has 0 N–H and O–H groups in total. The van der Waals surface area contributed by atoms with Crippen LogP contribution in [0.2, 0.25) is 10.0 Å². The van der Waals surface area contributed by atoms with Gasteiger partial charge in [0.05, 0.1) is 0 Å². The topological polar surface area (TPSA) is 33.2 Å². The van der Waals surface area contributed by atoms with Gasteiger partial charge in [-0.2, -0.15) is 0 Å². The second kappa shape index (κ2) is 7.43. The number of amides is 1. The average Bonchev–Trinajstić information content (AvgIpc) is 2.49. The van der Waals surface area contributed by atoms with E-state index in [2.05, 4.69) is 4.98 Å². The van der Waals surface area contributed by atoms with Gasteiger partial charge in [0.15, 0.2) is 0 Å². The van der Waals surface area contributed by atoms with Crippen LogP contribution in [0, 0.1) is 0 Å². The van der Waals surface area contributed by atoms with Gasteiger partial charge in [0, 0.05) is 41.9 Å². The van der Waals surface area contributed by atoms with Crippen molar-refractivity contribution in [3.63, 3.8) is 0 Å². The maximum Gasteiger partial charge on any atom is 0.222 e. The molecule has 1 aromatic heterocycles. The van der Waals surface area contributed by atoms with E-state index in [0.717, 1.165) is 11.1 Å². The molecule has 0 saturated carbocycles. The van der Waals surface area contributed by atoms with E-state index in [0.29, 0.717) is 29.6 Å². The van der Waals surface area contributed by atoms with Gasteiger partial charge in [0.2, 0.25) is 5.91 Å². The Morgan fingerprint density at radius 2 is 2.05 bits per heavy atom. The van der Waals surface area contributed by atoms with Crippen LogP contribution in [0.1, 0.15) is 24.5 Å². The van der Waals surface area contributed by atoms with Crippen molar-refractivity contribution in [3.05, 3.63) is 63.9 Å². The fraction of sp³-hybridized carbons (Fsp3) is 0.250. The predicted molar refractivity (Wildman–Crippen MR) is 85.2 cm³/mol. The van der Waals surface area contributed by atoms with Gasteiger partial charge in [0.1, 0.15) is 0 Å². The Kier molecular flexibility index (Phi) is 5.59. The number of pyridine rings is 1. The van der Waals surface area contributed by atoms with Crippen molar-refractivity contribution in [2.75, 3.05) is 0 Å². The molecule has 2 rings (SSSR count). The van der Waals surface area contributed by atoms with E-state index in [1.54, 1.807) is 29.4 Å². The molecule has 21 heavy (non-hydrogen) atoms. The van der Waals surface area contributed by atoms with Crippen LogP contribution < -0.4 is 0 Å². The third-order valence-corrected chi connectivity index (χ3v) is 3.71. The third kappa shape index (κ3) is 4.45. The Labute approximate surface area is 134 Å². The number of carbonyl (C=O) groups is 1. The van der Waals surface area contributed by atoms with Gasteiger partial charge in [-0.1, -0.05) is 42.3 Å². The molecule has 0 spiro atoms. The van der Waals surface area contributed by atoms with E-state index in [9.17, 15) is 4.79 Å². The van der Waals surface area contributed by atoms with Crippen molar-refractivity contribution < 1.29 is 4.79 Å². The second-order valence-electron chi connectivity index (χ2n) is 4.70. The molecule has 5 heteroatoms. The molecule has 0 fully saturated rings. The number of benzene rings is 1. The van der Waals surface area contributed by atoms with Gasteiger partial charge in [0.25, 0.3) is 0 Å². The minimum absolute atomic E-state index is 0.0740. The zero-order chi connectivity index (χ0) is 15.2. The van der Waals surface area contributed by atoms with Gasteiger partial charge < -0.3 is 4.90 Å². The van der Waals surface area contributed by atoms with E-state index < -0.39 is 0 Å². The second-order valence-corrected chi connectivity index (χ2v) is 5.54. The molecule has 0 atom stereocenters. The molecule has 0 saturated heterocycles. The van der Waals surface area contributed by atoms with Crippen LogP contribution in [0.15, 0.2) is 42.7 Å². The molecular weight excluding hydrogens is 307 g/mol. The van der Waals surface area contributed by atoms with Gasteiger partial charge in [-0.15, -0.1) is 0 Å². The molecule has 0 aliphatic carbocycles. The quantitative estimate of drug-likeness (QED) is 0.821.